The first-order valence-corrected chi connectivity index (χ1v) is 11.1. The number of carbonyl (C=O) groups excluding carboxylic acids is 2. The monoisotopic (exact) mass is 433 g/mol. The highest BCUT2D eigenvalue weighted by Gasteiger charge is 2.51. The lowest BCUT2D eigenvalue weighted by Gasteiger charge is -2.45. The summed E-state index contributed by atoms with van der Waals surface area (Å²) in [7, 11) is 0. The number of nitrogens with two attached hydrogens (primary N) is 2. The zero-order valence-corrected chi connectivity index (χ0v) is 18.1. The van der Waals surface area contributed by atoms with Crippen molar-refractivity contribution in [2.24, 2.45) is 11.1 Å². The number of hydrogen-bond acceptors (Lipinski definition) is 5. The molecule has 1 aliphatic heterocycles. The van der Waals surface area contributed by atoms with Gasteiger partial charge in [-0.2, -0.15) is 5.10 Å². The molecule has 32 heavy (non-hydrogen) atoms. The molecule has 8 heteroatoms. The van der Waals surface area contributed by atoms with Crippen molar-refractivity contribution >= 4 is 17.6 Å². The van der Waals surface area contributed by atoms with Gasteiger partial charge >= 0.3 is 0 Å². The molecule has 1 saturated heterocycles. The molecule has 0 atom stereocenters. The van der Waals surface area contributed by atoms with E-state index in [0.29, 0.717) is 24.2 Å². The van der Waals surface area contributed by atoms with E-state index < -0.39 is 5.91 Å². The van der Waals surface area contributed by atoms with Crippen LogP contribution in [0.1, 0.15) is 55.4 Å². The van der Waals surface area contributed by atoms with Crippen LogP contribution in [0.5, 0.6) is 5.75 Å². The van der Waals surface area contributed by atoms with Gasteiger partial charge in [0, 0.05) is 18.7 Å². The normalized spacial score (nSPS) is 24.0. The van der Waals surface area contributed by atoms with Crippen LogP contribution in [0.15, 0.2) is 24.3 Å². The number of rotatable bonds is 5. The summed E-state index contributed by atoms with van der Waals surface area (Å²) in [6.07, 6.45) is 5.16. The van der Waals surface area contributed by atoms with Crippen molar-refractivity contribution in [3.8, 4) is 28.8 Å². The molecule has 2 aromatic rings. The summed E-state index contributed by atoms with van der Waals surface area (Å²) in [5, 5.41) is 4.71. The van der Waals surface area contributed by atoms with Gasteiger partial charge in [0.1, 0.15) is 22.8 Å². The van der Waals surface area contributed by atoms with Crippen LogP contribution in [-0.2, 0) is 4.79 Å². The minimum absolute atomic E-state index is 0.0724. The molecule has 1 aromatic heterocycles. The topological polar surface area (TPSA) is 116 Å². The standard InChI is InChI=1S/C24H27N5O3/c1-2-3-19(30)28-11-10-24(14-28)12-16(13-24)29-22(25)20(23(26)31)21(27-29)15-4-6-17(7-5-15)32-18-8-9-18/h4-7,16,18H,8-14,25H2,1H3,(H2,26,31). The Kier molecular flexibility index (Phi) is 4.85. The van der Waals surface area contributed by atoms with Gasteiger partial charge in [-0.15, -0.1) is 0 Å². The van der Waals surface area contributed by atoms with E-state index in [1.807, 2.05) is 29.2 Å². The number of primary amides is 1. The Morgan fingerprint density at radius 1 is 1.22 bits per heavy atom. The minimum Gasteiger partial charge on any atom is -0.490 e. The lowest BCUT2D eigenvalue weighted by molar-refractivity contribution is -0.125. The molecule has 0 unspecified atom stereocenters. The van der Waals surface area contributed by atoms with Gasteiger partial charge in [-0.3, -0.25) is 9.59 Å². The van der Waals surface area contributed by atoms with Gasteiger partial charge in [-0.1, -0.05) is 5.92 Å². The minimum atomic E-state index is -0.591. The number of hydrogen-bond donors (Lipinski definition) is 2. The first-order valence-electron chi connectivity index (χ1n) is 11.1. The van der Waals surface area contributed by atoms with Crippen LogP contribution in [0.25, 0.3) is 11.3 Å². The fourth-order valence-electron chi connectivity index (χ4n) is 4.98. The summed E-state index contributed by atoms with van der Waals surface area (Å²) < 4.78 is 7.55. The zero-order valence-electron chi connectivity index (χ0n) is 18.1. The van der Waals surface area contributed by atoms with Crippen LogP contribution >= 0.6 is 0 Å². The molecular weight excluding hydrogens is 406 g/mol. The molecule has 2 heterocycles. The summed E-state index contributed by atoms with van der Waals surface area (Å²) >= 11 is 0. The number of likely N-dealkylation sites (tertiary alicyclic amines) is 1. The van der Waals surface area contributed by atoms with Gasteiger partial charge in [0.2, 0.25) is 0 Å². The largest absolute Gasteiger partial charge is 0.490 e. The van der Waals surface area contributed by atoms with E-state index in [-0.39, 0.29) is 22.9 Å². The number of anilines is 1. The Morgan fingerprint density at radius 3 is 2.56 bits per heavy atom. The van der Waals surface area contributed by atoms with E-state index in [1.165, 1.54) is 0 Å². The Labute approximate surface area is 186 Å². The summed E-state index contributed by atoms with van der Waals surface area (Å²) in [6, 6.07) is 7.61. The van der Waals surface area contributed by atoms with Crippen molar-refractivity contribution in [1.82, 2.24) is 14.7 Å². The number of benzene rings is 1. The predicted octanol–water partition coefficient (Wildman–Crippen LogP) is 2.35. The average Bonchev–Trinajstić information content (AvgIpc) is 3.32. The van der Waals surface area contributed by atoms with Gasteiger partial charge < -0.3 is 21.1 Å². The van der Waals surface area contributed by atoms with Gasteiger partial charge in [0.25, 0.3) is 11.8 Å². The fraction of sp³-hybridized carbons (Fsp3) is 0.458. The van der Waals surface area contributed by atoms with Crippen molar-refractivity contribution < 1.29 is 14.3 Å². The molecular formula is C24H27N5O3. The molecule has 2 amide bonds. The summed E-state index contributed by atoms with van der Waals surface area (Å²) in [4.78, 5) is 26.1. The second-order valence-corrected chi connectivity index (χ2v) is 9.17. The lowest BCUT2D eigenvalue weighted by atomic mass is 9.65. The van der Waals surface area contributed by atoms with E-state index in [9.17, 15) is 9.59 Å². The van der Waals surface area contributed by atoms with Crippen molar-refractivity contribution in [2.75, 3.05) is 18.8 Å². The van der Waals surface area contributed by atoms with Crippen molar-refractivity contribution in [2.45, 2.75) is 51.2 Å². The molecule has 0 radical (unpaired) electrons. The highest BCUT2D eigenvalue weighted by atomic mass is 16.5. The third-order valence-electron chi connectivity index (χ3n) is 6.79. The summed E-state index contributed by atoms with van der Waals surface area (Å²) in [5.41, 5.74) is 13.6. The van der Waals surface area contributed by atoms with Crippen LogP contribution < -0.4 is 16.2 Å². The molecule has 5 rings (SSSR count). The molecule has 166 valence electrons. The van der Waals surface area contributed by atoms with E-state index in [1.54, 1.807) is 11.6 Å². The van der Waals surface area contributed by atoms with Crippen LogP contribution in [-0.4, -0.2) is 45.7 Å². The lowest BCUT2D eigenvalue weighted by Crippen LogP contribution is -2.42. The number of nitrogen functional groups attached to an aromatic ring is 1. The first kappa shape index (κ1) is 20.4. The number of nitrogens with zero attached hydrogens (tertiary/aromatic N) is 3. The van der Waals surface area contributed by atoms with E-state index >= 15 is 0 Å². The van der Waals surface area contributed by atoms with Gasteiger partial charge in [0.15, 0.2) is 0 Å². The number of ether oxygens (including phenoxy) is 1. The van der Waals surface area contributed by atoms with Gasteiger partial charge in [0.05, 0.1) is 12.1 Å². The van der Waals surface area contributed by atoms with E-state index in [2.05, 4.69) is 11.8 Å². The van der Waals surface area contributed by atoms with E-state index in [0.717, 1.165) is 50.0 Å². The average molecular weight is 434 g/mol. The SMILES string of the molecule is CC#CC(=O)N1CCC2(CC(n3nc(-c4ccc(OC5CC5)cc4)c(C(N)=O)c3N)C2)C1. The van der Waals surface area contributed by atoms with Gasteiger partial charge in [-0.05, 0) is 74.6 Å². The van der Waals surface area contributed by atoms with Crippen LogP contribution in [0, 0.1) is 17.3 Å². The van der Waals surface area contributed by atoms with Crippen molar-refractivity contribution in [1.29, 1.82) is 0 Å². The Morgan fingerprint density at radius 2 is 1.94 bits per heavy atom. The van der Waals surface area contributed by atoms with Gasteiger partial charge in [-0.25, -0.2) is 4.68 Å². The Hall–Kier alpha value is -3.47. The Bertz CT molecular complexity index is 1130. The molecule has 0 bridgehead atoms. The summed E-state index contributed by atoms with van der Waals surface area (Å²) in [5.74, 6) is 5.70. The van der Waals surface area contributed by atoms with Crippen LogP contribution in [0.4, 0.5) is 5.82 Å². The number of aromatic nitrogens is 2. The third-order valence-corrected chi connectivity index (χ3v) is 6.79. The number of carbonyl (C=O) groups is 2. The Balaban J connectivity index is 1.35. The highest BCUT2D eigenvalue weighted by molar-refractivity contribution is 6.03. The molecule has 2 aliphatic carbocycles. The molecule has 3 aliphatic rings. The second kappa shape index (κ2) is 7.59. The summed E-state index contributed by atoms with van der Waals surface area (Å²) in [6.45, 7) is 3.10. The maximum Gasteiger partial charge on any atom is 0.298 e. The zero-order chi connectivity index (χ0) is 22.5. The second-order valence-electron chi connectivity index (χ2n) is 9.17. The quantitative estimate of drug-likeness (QED) is 0.702. The molecule has 3 fully saturated rings. The molecule has 4 N–H and O–H groups in total. The highest BCUT2D eigenvalue weighted by Crippen LogP contribution is 2.54. The maximum atomic E-state index is 12.2. The molecule has 1 spiro atoms. The fourth-order valence-corrected chi connectivity index (χ4v) is 4.98. The van der Waals surface area contributed by atoms with E-state index in [4.69, 9.17) is 21.3 Å². The molecule has 8 nitrogen and oxygen atoms in total. The van der Waals surface area contributed by atoms with Crippen molar-refractivity contribution in [3.63, 3.8) is 0 Å². The maximum absolute atomic E-state index is 12.2. The third kappa shape index (κ3) is 3.58. The number of amides is 2. The van der Waals surface area contributed by atoms with Crippen LogP contribution in [0.2, 0.25) is 0 Å². The molecule has 1 aromatic carbocycles. The molecule has 2 saturated carbocycles. The van der Waals surface area contributed by atoms with Crippen molar-refractivity contribution in [3.05, 3.63) is 29.8 Å². The smallest absolute Gasteiger partial charge is 0.298 e. The predicted molar refractivity (Wildman–Crippen MR) is 120 cm³/mol. The van der Waals surface area contributed by atoms with Crippen LogP contribution in [0.3, 0.4) is 0 Å². The first-order chi connectivity index (χ1) is 15.4.